The van der Waals surface area contributed by atoms with E-state index in [9.17, 15) is 10.1 Å². The van der Waals surface area contributed by atoms with Crippen molar-refractivity contribution in [1.82, 2.24) is 0 Å². The lowest BCUT2D eigenvalue weighted by molar-refractivity contribution is -0.384. The summed E-state index contributed by atoms with van der Waals surface area (Å²) in [6.07, 6.45) is 0. The third-order valence-electron chi connectivity index (χ3n) is 3.34. The van der Waals surface area contributed by atoms with Crippen LogP contribution in [-0.4, -0.2) is 39.6 Å². The smallest absolute Gasteiger partial charge is 0.270 e. The zero-order valence-corrected chi connectivity index (χ0v) is 12.8. The quantitative estimate of drug-likeness (QED) is 0.291. The highest BCUT2D eigenvalue weighted by molar-refractivity contribution is 8.00. The summed E-state index contributed by atoms with van der Waals surface area (Å²) in [5, 5.41) is 22.8. The Morgan fingerprint density at radius 2 is 2.29 bits per heavy atom. The van der Waals surface area contributed by atoms with Crippen LogP contribution in [0, 0.1) is 10.1 Å². The van der Waals surface area contributed by atoms with Crippen LogP contribution in [-0.2, 0) is 0 Å². The first-order valence-electron chi connectivity index (χ1n) is 6.49. The van der Waals surface area contributed by atoms with Gasteiger partial charge in [-0.1, -0.05) is 5.16 Å². The van der Waals surface area contributed by atoms with Crippen LogP contribution in [0.3, 0.4) is 0 Å². The molecule has 0 unspecified atom stereocenters. The topological polar surface area (TPSA) is 105 Å². The van der Waals surface area contributed by atoms with Gasteiger partial charge < -0.3 is 15.8 Å². The van der Waals surface area contributed by atoms with E-state index in [4.69, 9.17) is 10.9 Å². The number of non-ortho nitro benzene ring substituents is 1. The molecule has 8 heteroatoms. The van der Waals surface area contributed by atoms with Crippen molar-refractivity contribution in [3.05, 3.63) is 33.9 Å². The van der Waals surface area contributed by atoms with Crippen molar-refractivity contribution in [2.45, 2.75) is 18.6 Å². The molecule has 0 aromatic heterocycles. The number of nitro groups is 1. The number of nitrogens with zero attached hydrogens (tertiary/aromatic N) is 3. The maximum atomic E-state index is 10.9. The molecule has 2 rings (SSSR count). The van der Waals surface area contributed by atoms with Gasteiger partial charge in [0, 0.05) is 41.4 Å². The minimum atomic E-state index is -0.492. The van der Waals surface area contributed by atoms with Crippen molar-refractivity contribution < 1.29 is 10.1 Å². The molecule has 1 aromatic rings. The number of rotatable bonds is 3. The molecule has 0 bridgehead atoms. The van der Waals surface area contributed by atoms with E-state index in [1.54, 1.807) is 6.07 Å². The van der Waals surface area contributed by atoms with Crippen molar-refractivity contribution in [3.8, 4) is 0 Å². The van der Waals surface area contributed by atoms with E-state index in [1.165, 1.54) is 12.1 Å². The van der Waals surface area contributed by atoms with Gasteiger partial charge in [0.05, 0.1) is 10.5 Å². The zero-order valence-electron chi connectivity index (χ0n) is 11.9. The summed E-state index contributed by atoms with van der Waals surface area (Å²) in [6.45, 7) is 5.91. The first-order chi connectivity index (χ1) is 9.84. The van der Waals surface area contributed by atoms with Gasteiger partial charge in [0.15, 0.2) is 5.84 Å². The van der Waals surface area contributed by atoms with Gasteiger partial charge in [-0.3, -0.25) is 10.1 Å². The molecule has 0 atom stereocenters. The number of anilines is 1. The lowest BCUT2D eigenvalue weighted by Crippen LogP contribution is -2.44. The predicted molar refractivity (Wildman–Crippen MR) is 84.4 cm³/mol. The molecule has 21 heavy (non-hydrogen) atoms. The Balaban J connectivity index is 2.45. The fourth-order valence-electron chi connectivity index (χ4n) is 2.39. The zero-order chi connectivity index (χ0) is 15.6. The van der Waals surface area contributed by atoms with Gasteiger partial charge in [-0.15, -0.1) is 0 Å². The van der Waals surface area contributed by atoms with Crippen LogP contribution < -0.4 is 10.6 Å². The predicted octanol–water partition coefficient (Wildman–Crippen LogP) is 2.02. The normalized spacial score (nSPS) is 18.6. The van der Waals surface area contributed by atoms with Crippen LogP contribution >= 0.6 is 11.8 Å². The van der Waals surface area contributed by atoms with E-state index < -0.39 is 4.92 Å². The second kappa shape index (κ2) is 5.80. The van der Waals surface area contributed by atoms with Crippen LogP contribution in [0.2, 0.25) is 0 Å². The van der Waals surface area contributed by atoms with E-state index in [0.717, 1.165) is 24.5 Å². The molecule has 3 N–H and O–H groups in total. The lowest BCUT2D eigenvalue weighted by atomic mass is 10.1. The molecular formula is C13H18N4O3S. The molecule has 0 radical (unpaired) electrons. The number of thioether (sulfide) groups is 1. The van der Waals surface area contributed by atoms with Gasteiger partial charge in [0.25, 0.3) is 5.69 Å². The van der Waals surface area contributed by atoms with E-state index >= 15 is 0 Å². The second-order valence-electron chi connectivity index (χ2n) is 5.47. The first-order valence-corrected chi connectivity index (χ1v) is 7.48. The van der Waals surface area contributed by atoms with Crippen LogP contribution in [0.5, 0.6) is 0 Å². The molecule has 1 fully saturated rings. The third kappa shape index (κ3) is 3.38. The number of nitrogens with two attached hydrogens (primary N) is 1. The third-order valence-corrected chi connectivity index (χ3v) is 4.64. The van der Waals surface area contributed by atoms with E-state index in [-0.39, 0.29) is 16.3 Å². The Hall–Kier alpha value is -1.96. The Kier molecular flexibility index (Phi) is 4.26. The lowest BCUT2D eigenvalue weighted by Gasteiger charge is -2.39. The number of benzene rings is 1. The number of nitro benzene ring substituents is 1. The molecule has 1 saturated heterocycles. The van der Waals surface area contributed by atoms with Crippen LogP contribution in [0.15, 0.2) is 23.4 Å². The Morgan fingerprint density at radius 3 is 2.86 bits per heavy atom. The Bertz CT molecular complexity index is 589. The van der Waals surface area contributed by atoms with E-state index in [0.29, 0.717) is 5.56 Å². The molecule has 0 amide bonds. The van der Waals surface area contributed by atoms with Crippen LogP contribution in [0.4, 0.5) is 11.4 Å². The van der Waals surface area contributed by atoms with Crippen molar-refractivity contribution in [2.24, 2.45) is 10.9 Å². The molecule has 114 valence electrons. The van der Waals surface area contributed by atoms with E-state index in [1.807, 2.05) is 11.8 Å². The molecule has 0 aliphatic carbocycles. The standard InChI is InChI=1S/C13H18N4O3S/c1-13(2)8-16(5-6-21-13)11-4-3-9(17(19)20)7-10(11)12(14)15-18/h3-4,7,18H,5-6,8H2,1-2H3,(H2,14,15). The molecule has 0 saturated carbocycles. The van der Waals surface area contributed by atoms with Gasteiger partial charge in [0.2, 0.25) is 0 Å². The van der Waals surface area contributed by atoms with Gasteiger partial charge in [-0.2, -0.15) is 11.8 Å². The second-order valence-corrected chi connectivity index (χ2v) is 7.28. The summed E-state index contributed by atoms with van der Waals surface area (Å²) in [6, 6.07) is 4.45. The Labute approximate surface area is 126 Å². The maximum Gasteiger partial charge on any atom is 0.270 e. The molecular weight excluding hydrogens is 292 g/mol. The number of amidine groups is 1. The van der Waals surface area contributed by atoms with Crippen LogP contribution in [0.1, 0.15) is 19.4 Å². The van der Waals surface area contributed by atoms with Gasteiger partial charge in [0.1, 0.15) is 0 Å². The summed E-state index contributed by atoms with van der Waals surface area (Å²) in [7, 11) is 0. The molecule has 1 heterocycles. The minimum absolute atomic E-state index is 0.0778. The van der Waals surface area contributed by atoms with Gasteiger partial charge in [-0.05, 0) is 19.9 Å². The van der Waals surface area contributed by atoms with Gasteiger partial charge >= 0.3 is 0 Å². The largest absolute Gasteiger partial charge is 0.409 e. The van der Waals surface area contributed by atoms with Crippen molar-refractivity contribution in [2.75, 3.05) is 23.7 Å². The highest BCUT2D eigenvalue weighted by atomic mass is 32.2. The number of oxime groups is 1. The monoisotopic (exact) mass is 310 g/mol. The molecule has 1 aliphatic rings. The molecule has 0 spiro atoms. The Morgan fingerprint density at radius 1 is 1.57 bits per heavy atom. The highest BCUT2D eigenvalue weighted by Crippen LogP contribution is 2.34. The fourth-order valence-corrected chi connectivity index (χ4v) is 3.51. The van der Waals surface area contributed by atoms with Crippen molar-refractivity contribution >= 4 is 29.0 Å². The minimum Gasteiger partial charge on any atom is -0.409 e. The summed E-state index contributed by atoms with van der Waals surface area (Å²) < 4.78 is 0.0857. The summed E-state index contributed by atoms with van der Waals surface area (Å²) in [5.41, 5.74) is 6.74. The van der Waals surface area contributed by atoms with Crippen molar-refractivity contribution in [3.63, 3.8) is 0 Å². The molecule has 1 aromatic carbocycles. The molecule has 7 nitrogen and oxygen atoms in total. The highest BCUT2D eigenvalue weighted by Gasteiger charge is 2.29. The summed E-state index contributed by atoms with van der Waals surface area (Å²) >= 11 is 1.89. The summed E-state index contributed by atoms with van der Waals surface area (Å²) in [5.74, 6) is 0.837. The number of hydrogen-bond donors (Lipinski definition) is 2. The fraction of sp³-hybridized carbons (Fsp3) is 0.462. The molecule has 1 aliphatic heterocycles. The van der Waals surface area contributed by atoms with Crippen LogP contribution in [0.25, 0.3) is 0 Å². The SMILES string of the molecule is CC1(C)CN(c2ccc([N+](=O)[O-])cc2/C(N)=N/O)CCS1. The maximum absolute atomic E-state index is 10.9. The average molecular weight is 310 g/mol. The first kappa shape index (κ1) is 15.4. The van der Waals surface area contributed by atoms with Crippen molar-refractivity contribution in [1.29, 1.82) is 0 Å². The van der Waals surface area contributed by atoms with E-state index in [2.05, 4.69) is 23.9 Å². The summed E-state index contributed by atoms with van der Waals surface area (Å²) in [4.78, 5) is 12.5. The number of hydrogen-bond acceptors (Lipinski definition) is 6. The van der Waals surface area contributed by atoms with Gasteiger partial charge in [-0.25, -0.2) is 0 Å². The average Bonchev–Trinajstić information content (AvgIpc) is 2.44.